The Kier molecular flexibility index (Phi) is 5.42. The van der Waals surface area contributed by atoms with E-state index in [0.29, 0.717) is 0 Å². The second kappa shape index (κ2) is 7.64. The molecule has 0 saturated carbocycles. The number of allylic oxidation sites excluding steroid dienone is 8. The molecule has 0 N–H and O–H groups in total. The summed E-state index contributed by atoms with van der Waals surface area (Å²) in [6, 6.07) is 15.6. The maximum absolute atomic E-state index is 4.20. The Bertz CT molecular complexity index is 1040. The van der Waals surface area contributed by atoms with Gasteiger partial charge in [-0.15, -0.1) is 0 Å². The molecule has 0 heteroatoms. The maximum atomic E-state index is 4.20. The smallest absolute Gasteiger partial charge is 0.0721 e. The Morgan fingerprint density at radius 2 is 1.50 bits per heavy atom. The molecule has 2 aromatic rings. The minimum absolute atomic E-state index is 0.292. The molecular formula is C28H30. The highest BCUT2D eigenvalue weighted by Crippen LogP contribution is 2.61. The molecule has 0 heterocycles. The fourth-order valence-electron chi connectivity index (χ4n) is 4.89. The van der Waals surface area contributed by atoms with Crippen LogP contribution in [0.1, 0.15) is 44.4 Å². The summed E-state index contributed by atoms with van der Waals surface area (Å²) in [6.07, 6.45) is 8.43. The van der Waals surface area contributed by atoms with Crippen molar-refractivity contribution in [1.29, 1.82) is 0 Å². The van der Waals surface area contributed by atoms with Crippen molar-refractivity contribution in [3.8, 4) is 11.1 Å². The molecule has 4 rings (SSSR count). The number of rotatable bonds is 3. The fourth-order valence-corrected chi connectivity index (χ4v) is 4.89. The van der Waals surface area contributed by atoms with Gasteiger partial charge in [-0.25, -0.2) is 0 Å². The van der Waals surface area contributed by atoms with Crippen molar-refractivity contribution in [2.45, 2.75) is 40.0 Å². The van der Waals surface area contributed by atoms with Crippen LogP contribution in [0.25, 0.3) is 11.1 Å². The molecule has 0 fully saturated rings. The molecule has 142 valence electrons. The molecule has 1 spiro atoms. The molecule has 0 nitrogen and oxygen atoms in total. The monoisotopic (exact) mass is 366 g/mol. The lowest BCUT2D eigenvalue weighted by molar-refractivity contribution is 0.777. The molecule has 1 unspecified atom stereocenters. The summed E-state index contributed by atoms with van der Waals surface area (Å²) < 4.78 is 0. The predicted molar refractivity (Wildman–Crippen MR) is 124 cm³/mol. The van der Waals surface area contributed by atoms with Gasteiger partial charge in [0.25, 0.3) is 0 Å². The summed E-state index contributed by atoms with van der Waals surface area (Å²) in [6.45, 7) is 18.8. The summed E-state index contributed by atoms with van der Waals surface area (Å²) in [5.74, 6) is 0. The van der Waals surface area contributed by atoms with Crippen molar-refractivity contribution in [1.82, 2.24) is 0 Å². The summed E-state index contributed by atoms with van der Waals surface area (Å²) >= 11 is 0. The van der Waals surface area contributed by atoms with Gasteiger partial charge in [0.2, 0.25) is 0 Å². The first-order valence-corrected chi connectivity index (χ1v) is 10.2. The van der Waals surface area contributed by atoms with Crippen molar-refractivity contribution >= 4 is 0 Å². The highest BCUT2D eigenvalue weighted by Gasteiger charge is 2.51. The molecule has 1 atom stereocenters. The van der Waals surface area contributed by atoms with Gasteiger partial charge in [-0.1, -0.05) is 99.3 Å². The molecule has 2 aromatic carbocycles. The van der Waals surface area contributed by atoms with Gasteiger partial charge < -0.3 is 0 Å². The summed E-state index contributed by atoms with van der Waals surface area (Å²) in [7, 11) is 0. The van der Waals surface area contributed by atoms with Crippen molar-refractivity contribution in [2.24, 2.45) is 0 Å². The molecule has 0 aliphatic heterocycles. The van der Waals surface area contributed by atoms with E-state index in [0.717, 1.165) is 0 Å². The molecule has 0 bridgehead atoms. The van der Waals surface area contributed by atoms with Crippen molar-refractivity contribution in [3.63, 3.8) is 0 Å². The molecule has 0 radical (unpaired) electrons. The van der Waals surface area contributed by atoms with Crippen molar-refractivity contribution in [2.75, 3.05) is 0 Å². The molecule has 28 heavy (non-hydrogen) atoms. The Labute approximate surface area is 170 Å². The van der Waals surface area contributed by atoms with E-state index in [1.807, 2.05) is 26.0 Å². The van der Waals surface area contributed by atoms with Crippen LogP contribution >= 0.6 is 0 Å². The predicted octanol–water partition coefficient (Wildman–Crippen LogP) is 7.86. The van der Waals surface area contributed by atoms with Crippen LogP contribution in [0, 0.1) is 6.92 Å². The molecule has 2 aliphatic carbocycles. The number of benzene rings is 2. The SMILES string of the molecule is C=CC1=C(C=C)C2(C(/C=C\C)=C1C)c1ccccc1-c1ccc(C)cc12.CC. The first-order valence-electron chi connectivity index (χ1n) is 10.2. The lowest BCUT2D eigenvalue weighted by atomic mass is 9.68. The Hall–Kier alpha value is -2.86. The maximum Gasteiger partial charge on any atom is 0.0721 e. The number of hydrogen-bond donors (Lipinski definition) is 0. The van der Waals surface area contributed by atoms with Crippen LogP contribution in [-0.2, 0) is 5.41 Å². The van der Waals surface area contributed by atoms with Crippen molar-refractivity contribution in [3.05, 3.63) is 119 Å². The highest BCUT2D eigenvalue weighted by molar-refractivity contribution is 5.90. The molecule has 0 saturated heterocycles. The largest absolute Gasteiger partial charge is 0.0987 e. The minimum atomic E-state index is -0.292. The van der Waals surface area contributed by atoms with E-state index in [-0.39, 0.29) is 5.41 Å². The number of hydrogen-bond acceptors (Lipinski definition) is 0. The third-order valence-electron chi connectivity index (χ3n) is 5.85. The minimum Gasteiger partial charge on any atom is -0.0987 e. The van der Waals surface area contributed by atoms with E-state index in [9.17, 15) is 0 Å². The van der Waals surface area contributed by atoms with E-state index in [4.69, 9.17) is 0 Å². The normalized spacial score (nSPS) is 19.6. The van der Waals surface area contributed by atoms with E-state index in [1.165, 1.54) is 50.1 Å². The zero-order valence-corrected chi connectivity index (χ0v) is 17.8. The number of fused-ring (bicyclic) bond motifs is 5. The zero-order valence-electron chi connectivity index (χ0n) is 17.8. The second-order valence-corrected chi connectivity index (χ2v) is 7.12. The van der Waals surface area contributed by atoms with Crippen LogP contribution in [0.5, 0.6) is 0 Å². The summed E-state index contributed by atoms with van der Waals surface area (Å²) in [5, 5.41) is 0. The average molecular weight is 367 g/mol. The van der Waals surface area contributed by atoms with E-state index in [1.54, 1.807) is 0 Å². The van der Waals surface area contributed by atoms with Gasteiger partial charge in [0.1, 0.15) is 0 Å². The van der Waals surface area contributed by atoms with Crippen molar-refractivity contribution < 1.29 is 0 Å². The first-order chi connectivity index (χ1) is 13.6. The summed E-state index contributed by atoms with van der Waals surface area (Å²) in [5.41, 5.74) is 11.4. The lowest BCUT2D eigenvalue weighted by Crippen LogP contribution is -2.27. The van der Waals surface area contributed by atoms with Gasteiger partial charge in [-0.2, -0.15) is 0 Å². The number of aryl methyl sites for hydroxylation is 1. The third-order valence-corrected chi connectivity index (χ3v) is 5.85. The van der Waals surface area contributed by atoms with E-state index in [2.05, 4.69) is 88.5 Å². The molecule has 0 amide bonds. The Balaban J connectivity index is 0.00000109. The van der Waals surface area contributed by atoms with Gasteiger partial charge in [0, 0.05) is 0 Å². The average Bonchev–Trinajstić information content (AvgIpc) is 3.14. The Morgan fingerprint density at radius 1 is 0.821 bits per heavy atom. The summed E-state index contributed by atoms with van der Waals surface area (Å²) in [4.78, 5) is 0. The quantitative estimate of drug-likeness (QED) is 0.518. The molecule has 2 aliphatic rings. The topological polar surface area (TPSA) is 0 Å². The van der Waals surface area contributed by atoms with Gasteiger partial charge in [0.15, 0.2) is 0 Å². The highest BCUT2D eigenvalue weighted by atomic mass is 14.5. The lowest BCUT2D eigenvalue weighted by Gasteiger charge is -2.32. The van der Waals surface area contributed by atoms with Crippen LogP contribution in [0.3, 0.4) is 0 Å². The standard InChI is InChI=1S/C26H24.C2H6/c1-6-11-23-18(5)19(7-2)22(8-3)26(23)24-13-10-9-12-20(24)21-15-14-17(4)16-25(21)26;1-2/h6-16H,2-3H2,1,4-5H3;1-2H3/b11-6-;. The van der Waals surface area contributed by atoms with Gasteiger partial charge in [-0.05, 0) is 65.3 Å². The molecule has 0 aromatic heterocycles. The molecular weight excluding hydrogens is 336 g/mol. The van der Waals surface area contributed by atoms with Crippen LogP contribution in [0.4, 0.5) is 0 Å². The first kappa shape index (κ1) is 19.9. The van der Waals surface area contributed by atoms with Gasteiger partial charge in [0.05, 0.1) is 5.41 Å². The van der Waals surface area contributed by atoms with Crippen LogP contribution in [0.15, 0.2) is 102 Å². The van der Waals surface area contributed by atoms with E-state index >= 15 is 0 Å². The van der Waals surface area contributed by atoms with Gasteiger partial charge >= 0.3 is 0 Å². The Morgan fingerprint density at radius 3 is 2.14 bits per heavy atom. The second-order valence-electron chi connectivity index (χ2n) is 7.12. The van der Waals surface area contributed by atoms with Crippen LogP contribution < -0.4 is 0 Å². The zero-order chi connectivity index (χ0) is 20.5. The van der Waals surface area contributed by atoms with E-state index < -0.39 is 0 Å². The van der Waals surface area contributed by atoms with Crippen LogP contribution in [0.2, 0.25) is 0 Å². The van der Waals surface area contributed by atoms with Crippen LogP contribution in [-0.4, -0.2) is 0 Å². The van der Waals surface area contributed by atoms with Gasteiger partial charge in [-0.3, -0.25) is 0 Å². The fraction of sp³-hybridized carbons (Fsp3) is 0.214. The third kappa shape index (κ3) is 2.44.